The number of carbonyl (C=O) groups is 2. The van der Waals surface area contributed by atoms with E-state index in [0.29, 0.717) is 5.56 Å². The van der Waals surface area contributed by atoms with Crippen molar-refractivity contribution >= 4 is 17.8 Å². The third-order valence-corrected chi connectivity index (χ3v) is 4.13. The normalized spacial score (nSPS) is 11.3. The quantitative estimate of drug-likeness (QED) is 0.521. The summed E-state index contributed by atoms with van der Waals surface area (Å²) in [6.45, 7) is 6.17. The number of carboxylic acids is 1. The molecule has 10 nitrogen and oxygen atoms in total. The van der Waals surface area contributed by atoms with Gasteiger partial charge < -0.3 is 19.6 Å². The van der Waals surface area contributed by atoms with Crippen LogP contribution in [0.3, 0.4) is 0 Å². The first-order valence-corrected chi connectivity index (χ1v) is 8.50. The van der Waals surface area contributed by atoms with Crippen molar-refractivity contribution in [1.29, 1.82) is 0 Å². The van der Waals surface area contributed by atoms with Crippen LogP contribution in [0.25, 0.3) is 11.5 Å². The number of aromatic carboxylic acids is 1. The van der Waals surface area contributed by atoms with E-state index in [0.717, 1.165) is 12.0 Å². The average molecular weight is 398 g/mol. The molecule has 150 valence electrons. The summed E-state index contributed by atoms with van der Waals surface area (Å²) in [4.78, 5) is 45.2. The van der Waals surface area contributed by atoms with Gasteiger partial charge in [0.1, 0.15) is 0 Å². The zero-order chi connectivity index (χ0) is 21.3. The van der Waals surface area contributed by atoms with Crippen molar-refractivity contribution in [2.24, 2.45) is 0 Å². The summed E-state index contributed by atoms with van der Waals surface area (Å²) in [7, 11) is 0. The van der Waals surface area contributed by atoms with Crippen LogP contribution in [0.15, 0.2) is 39.9 Å². The highest BCUT2D eigenvalue weighted by molar-refractivity contribution is 6.04. The van der Waals surface area contributed by atoms with Gasteiger partial charge in [0.2, 0.25) is 11.6 Å². The molecular weight excluding hydrogens is 380 g/mol. The molecule has 2 heterocycles. The number of benzene rings is 1. The van der Waals surface area contributed by atoms with Gasteiger partial charge in [0.05, 0.1) is 0 Å². The maximum Gasteiger partial charge on any atom is 0.358 e. The van der Waals surface area contributed by atoms with E-state index in [-0.39, 0.29) is 22.8 Å². The van der Waals surface area contributed by atoms with Gasteiger partial charge in [0, 0.05) is 5.56 Å². The van der Waals surface area contributed by atoms with Gasteiger partial charge in [0.15, 0.2) is 23.6 Å². The highest BCUT2D eigenvalue weighted by Crippen LogP contribution is 2.26. The minimum atomic E-state index is -1.59. The minimum Gasteiger partial charge on any atom is -0.501 e. The topological polar surface area (TPSA) is 158 Å². The van der Waals surface area contributed by atoms with E-state index in [1.165, 1.54) is 0 Å². The van der Waals surface area contributed by atoms with Gasteiger partial charge in [-0.3, -0.25) is 14.9 Å². The Labute approximate surface area is 164 Å². The fraction of sp³-hybridized carbons (Fsp3) is 0.211. The van der Waals surface area contributed by atoms with Gasteiger partial charge in [-0.15, -0.1) is 0 Å². The SMILES string of the molecule is CC(C)(C)c1ccc(C(=O)Nc2ocnc2-c2nc(C(=O)O)c(O)c(=O)[nH]2)cc1. The van der Waals surface area contributed by atoms with Crippen molar-refractivity contribution in [3.05, 3.63) is 57.8 Å². The van der Waals surface area contributed by atoms with Crippen molar-refractivity contribution in [2.75, 3.05) is 5.32 Å². The van der Waals surface area contributed by atoms with Gasteiger partial charge in [-0.25, -0.2) is 14.8 Å². The van der Waals surface area contributed by atoms with Crippen LogP contribution in [0.1, 0.15) is 47.2 Å². The van der Waals surface area contributed by atoms with Crippen molar-refractivity contribution < 1.29 is 24.2 Å². The monoisotopic (exact) mass is 398 g/mol. The first-order valence-electron chi connectivity index (χ1n) is 8.50. The Morgan fingerprint density at radius 3 is 2.41 bits per heavy atom. The Kier molecular flexibility index (Phi) is 4.93. The minimum absolute atomic E-state index is 0.0641. The van der Waals surface area contributed by atoms with Crippen molar-refractivity contribution in [3.8, 4) is 17.3 Å². The molecule has 10 heteroatoms. The number of aromatic hydroxyl groups is 1. The number of carboxylic acid groups (broad SMARTS) is 1. The van der Waals surface area contributed by atoms with Crippen LogP contribution >= 0.6 is 0 Å². The number of anilines is 1. The second-order valence-electron chi connectivity index (χ2n) is 7.23. The molecule has 0 bridgehead atoms. The summed E-state index contributed by atoms with van der Waals surface area (Å²) in [6, 6.07) is 7.01. The summed E-state index contributed by atoms with van der Waals surface area (Å²) >= 11 is 0. The van der Waals surface area contributed by atoms with Gasteiger partial charge in [-0.05, 0) is 23.1 Å². The van der Waals surface area contributed by atoms with E-state index in [2.05, 4.69) is 41.0 Å². The predicted octanol–water partition coefficient (Wildman–Crippen LogP) is 2.38. The summed E-state index contributed by atoms with van der Waals surface area (Å²) in [6.07, 6.45) is 1.00. The molecule has 1 aromatic carbocycles. The first-order chi connectivity index (χ1) is 13.6. The van der Waals surface area contributed by atoms with Crippen LogP contribution in [0, 0.1) is 0 Å². The van der Waals surface area contributed by atoms with E-state index in [1.54, 1.807) is 12.1 Å². The molecule has 4 N–H and O–H groups in total. The second kappa shape index (κ2) is 7.23. The molecule has 3 rings (SSSR count). The number of H-pyrrole nitrogens is 1. The number of amides is 1. The van der Waals surface area contributed by atoms with Crippen LogP contribution in [-0.2, 0) is 5.41 Å². The van der Waals surface area contributed by atoms with Crippen LogP contribution in [0.2, 0.25) is 0 Å². The number of rotatable bonds is 4. The van der Waals surface area contributed by atoms with E-state index in [1.807, 2.05) is 12.1 Å². The molecule has 0 unspecified atom stereocenters. The second-order valence-corrected chi connectivity index (χ2v) is 7.23. The zero-order valence-electron chi connectivity index (χ0n) is 15.8. The number of nitrogens with one attached hydrogen (secondary N) is 2. The lowest BCUT2D eigenvalue weighted by Gasteiger charge is -2.18. The summed E-state index contributed by atoms with van der Waals surface area (Å²) in [5.41, 5.74) is -0.651. The zero-order valence-corrected chi connectivity index (χ0v) is 15.8. The van der Waals surface area contributed by atoms with Gasteiger partial charge >= 0.3 is 5.97 Å². The molecule has 2 aromatic heterocycles. The Morgan fingerprint density at radius 2 is 1.83 bits per heavy atom. The largest absolute Gasteiger partial charge is 0.501 e. The van der Waals surface area contributed by atoms with Gasteiger partial charge in [-0.1, -0.05) is 32.9 Å². The molecule has 3 aromatic rings. The fourth-order valence-corrected chi connectivity index (χ4v) is 2.53. The molecule has 0 saturated heterocycles. The first kappa shape index (κ1) is 19.8. The van der Waals surface area contributed by atoms with E-state index in [4.69, 9.17) is 9.52 Å². The van der Waals surface area contributed by atoms with E-state index < -0.39 is 28.9 Å². The molecule has 0 spiro atoms. The molecule has 0 saturated carbocycles. The lowest BCUT2D eigenvalue weighted by atomic mass is 9.87. The number of oxazole rings is 1. The van der Waals surface area contributed by atoms with Gasteiger partial charge in [0.25, 0.3) is 11.5 Å². The summed E-state index contributed by atoms with van der Waals surface area (Å²) < 4.78 is 5.14. The smallest absolute Gasteiger partial charge is 0.358 e. The maximum absolute atomic E-state index is 12.5. The van der Waals surface area contributed by atoms with Crippen LogP contribution in [0.5, 0.6) is 5.75 Å². The Hall–Kier alpha value is -3.95. The third-order valence-electron chi connectivity index (χ3n) is 4.13. The highest BCUT2D eigenvalue weighted by Gasteiger charge is 2.22. The summed E-state index contributed by atoms with van der Waals surface area (Å²) in [5, 5.41) is 21.1. The lowest BCUT2D eigenvalue weighted by molar-refractivity contribution is 0.0686. The number of hydrogen-bond acceptors (Lipinski definition) is 7. The molecule has 0 fully saturated rings. The van der Waals surface area contributed by atoms with Crippen LogP contribution in [-0.4, -0.2) is 37.0 Å². The molecule has 0 aliphatic rings. The molecule has 0 aliphatic heterocycles. The standard InChI is InChI=1S/C19H18N4O6/c1-19(2,3)10-6-4-9(5-7-10)15(25)23-17-12(20-8-29-17)14-21-11(18(27)28)13(24)16(26)22-14/h4-8,24H,1-3H3,(H,23,25)(H,27,28)(H,21,22,26). The molecule has 0 radical (unpaired) electrons. The average Bonchev–Trinajstić information content (AvgIpc) is 3.11. The van der Waals surface area contributed by atoms with Crippen molar-refractivity contribution in [3.63, 3.8) is 0 Å². The molecule has 1 amide bonds. The molecule has 0 atom stereocenters. The van der Waals surface area contributed by atoms with Crippen molar-refractivity contribution in [1.82, 2.24) is 15.0 Å². The third kappa shape index (κ3) is 4.00. The van der Waals surface area contributed by atoms with Crippen LogP contribution in [0.4, 0.5) is 5.88 Å². The Balaban J connectivity index is 1.91. The highest BCUT2D eigenvalue weighted by atomic mass is 16.4. The fourth-order valence-electron chi connectivity index (χ4n) is 2.53. The molecule has 29 heavy (non-hydrogen) atoms. The molecule has 0 aliphatic carbocycles. The molecular formula is C19H18N4O6. The van der Waals surface area contributed by atoms with Crippen molar-refractivity contribution in [2.45, 2.75) is 26.2 Å². The van der Waals surface area contributed by atoms with E-state index in [9.17, 15) is 19.5 Å². The van der Waals surface area contributed by atoms with Crippen LogP contribution < -0.4 is 10.9 Å². The van der Waals surface area contributed by atoms with Gasteiger partial charge in [-0.2, -0.15) is 0 Å². The number of nitrogens with zero attached hydrogens (tertiary/aromatic N) is 2. The Morgan fingerprint density at radius 1 is 1.17 bits per heavy atom. The number of aromatic nitrogens is 3. The summed E-state index contributed by atoms with van der Waals surface area (Å²) in [5.74, 6) is -3.54. The maximum atomic E-state index is 12.5. The van der Waals surface area contributed by atoms with E-state index >= 15 is 0 Å². The lowest BCUT2D eigenvalue weighted by Crippen LogP contribution is -2.17. The number of hydrogen-bond donors (Lipinski definition) is 4. The predicted molar refractivity (Wildman–Crippen MR) is 102 cm³/mol. The number of aromatic amines is 1. The number of carbonyl (C=O) groups excluding carboxylic acids is 1. The Bertz CT molecular complexity index is 1140.